The average molecular weight is 374 g/mol. The van der Waals surface area contributed by atoms with Gasteiger partial charge in [-0.2, -0.15) is 8.78 Å². The number of amidine groups is 1. The van der Waals surface area contributed by atoms with Crippen LogP contribution in [0.4, 0.5) is 8.78 Å². The Morgan fingerprint density at radius 1 is 1.33 bits per heavy atom. The molecule has 0 atom stereocenters. The predicted molar refractivity (Wildman–Crippen MR) is 96.8 cm³/mol. The molecule has 0 aliphatic carbocycles. The summed E-state index contributed by atoms with van der Waals surface area (Å²) in [5, 5.41) is 5.90. The fraction of sp³-hybridized carbons (Fsp3) is 0.316. The number of hydrogen-bond donors (Lipinski definition) is 2. The first-order chi connectivity index (χ1) is 13.1. The van der Waals surface area contributed by atoms with Crippen molar-refractivity contribution in [3.8, 4) is 5.75 Å². The number of aliphatic imine (C=N–C) groups is 1. The van der Waals surface area contributed by atoms with Crippen LogP contribution in [0.5, 0.6) is 5.75 Å². The number of ether oxygens (including phenoxy) is 1. The standard InChI is InChI=1S/C19H20F2N4O2/c1-2-22-18-15-11-23-14(7-13(15)10-25-18)8-17(26)24-9-12-5-3-4-6-16(12)27-19(20)21/h3-7,11,19H,2,8-10H2,1H3,(H,22,25)(H,24,26). The molecule has 27 heavy (non-hydrogen) atoms. The van der Waals surface area contributed by atoms with Crippen molar-refractivity contribution in [1.29, 1.82) is 0 Å². The Balaban J connectivity index is 1.58. The molecule has 6 nitrogen and oxygen atoms in total. The Morgan fingerprint density at radius 3 is 2.93 bits per heavy atom. The van der Waals surface area contributed by atoms with Gasteiger partial charge >= 0.3 is 6.61 Å². The second-order valence-electron chi connectivity index (χ2n) is 5.97. The highest BCUT2D eigenvalue weighted by atomic mass is 19.3. The summed E-state index contributed by atoms with van der Waals surface area (Å²) in [4.78, 5) is 20.9. The number of alkyl halides is 2. The van der Waals surface area contributed by atoms with E-state index in [4.69, 9.17) is 0 Å². The molecular formula is C19H20F2N4O2. The van der Waals surface area contributed by atoms with E-state index in [9.17, 15) is 13.6 Å². The van der Waals surface area contributed by atoms with Gasteiger partial charge in [0.2, 0.25) is 5.91 Å². The number of amides is 1. The molecule has 2 N–H and O–H groups in total. The molecule has 8 heteroatoms. The van der Waals surface area contributed by atoms with E-state index in [0.717, 1.165) is 23.5 Å². The van der Waals surface area contributed by atoms with Crippen LogP contribution in [0.15, 0.2) is 41.5 Å². The topological polar surface area (TPSA) is 75.6 Å². The number of fused-ring (bicyclic) bond motifs is 1. The van der Waals surface area contributed by atoms with Crippen molar-refractivity contribution >= 4 is 11.7 Å². The Bertz CT molecular complexity index is 855. The number of benzene rings is 1. The van der Waals surface area contributed by atoms with Gasteiger partial charge in [0, 0.05) is 30.4 Å². The molecule has 0 saturated carbocycles. The Labute approximate surface area is 155 Å². The molecule has 2 heterocycles. The number of aromatic nitrogens is 1. The summed E-state index contributed by atoms with van der Waals surface area (Å²) in [5.41, 5.74) is 3.10. The molecule has 0 radical (unpaired) electrons. The number of nitrogens with zero attached hydrogens (tertiary/aromatic N) is 2. The molecule has 0 spiro atoms. The molecule has 0 bridgehead atoms. The third-order valence-electron chi connectivity index (χ3n) is 4.06. The van der Waals surface area contributed by atoms with E-state index < -0.39 is 6.61 Å². The SMILES string of the molecule is CCNC1=NCc2cc(CC(=O)NCc3ccccc3OC(F)F)ncc21. The van der Waals surface area contributed by atoms with Crippen LogP contribution < -0.4 is 15.4 Å². The molecule has 1 aliphatic heterocycles. The smallest absolute Gasteiger partial charge is 0.387 e. The zero-order chi connectivity index (χ0) is 19.2. The highest BCUT2D eigenvalue weighted by Gasteiger charge is 2.17. The lowest BCUT2D eigenvalue weighted by Crippen LogP contribution is -2.26. The van der Waals surface area contributed by atoms with E-state index in [0.29, 0.717) is 17.8 Å². The van der Waals surface area contributed by atoms with E-state index >= 15 is 0 Å². The first-order valence-electron chi connectivity index (χ1n) is 8.62. The molecule has 1 aromatic carbocycles. The number of halogens is 2. The van der Waals surface area contributed by atoms with Crippen molar-refractivity contribution in [2.75, 3.05) is 6.54 Å². The van der Waals surface area contributed by atoms with Crippen LogP contribution in [0, 0.1) is 0 Å². The first kappa shape index (κ1) is 18.8. The van der Waals surface area contributed by atoms with E-state index in [1.54, 1.807) is 24.4 Å². The van der Waals surface area contributed by atoms with Crippen molar-refractivity contribution in [3.63, 3.8) is 0 Å². The number of para-hydroxylation sites is 1. The Hall–Kier alpha value is -3.03. The first-order valence-corrected chi connectivity index (χ1v) is 8.62. The highest BCUT2D eigenvalue weighted by molar-refractivity contribution is 6.01. The van der Waals surface area contributed by atoms with Crippen molar-refractivity contribution < 1.29 is 18.3 Å². The second kappa shape index (κ2) is 8.57. The monoisotopic (exact) mass is 374 g/mol. The summed E-state index contributed by atoms with van der Waals surface area (Å²) < 4.78 is 29.3. The maximum Gasteiger partial charge on any atom is 0.387 e. The van der Waals surface area contributed by atoms with Crippen molar-refractivity contribution in [2.24, 2.45) is 4.99 Å². The normalized spacial score (nSPS) is 12.5. The number of carbonyl (C=O) groups excluding carboxylic acids is 1. The molecule has 1 amide bonds. The summed E-state index contributed by atoms with van der Waals surface area (Å²) >= 11 is 0. The van der Waals surface area contributed by atoms with Crippen molar-refractivity contribution in [2.45, 2.75) is 33.0 Å². The third kappa shape index (κ3) is 4.78. The van der Waals surface area contributed by atoms with Crippen LogP contribution >= 0.6 is 0 Å². The molecule has 0 unspecified atom stereocenters. The quantitative estimate of drug-likeness (QED) is 0.780. The Kier molecular flexibility index (Phi) is 5.95. The maximum atomic E-state index is 12.4. The maximum absolute atomic E-state index is 12.4. The second-order valence-corrected chi connectivity index (χ2v) is 5.97. The van der Waals surface area contributed by atoms with Gasteiger partial charge in [0.25, 0.3) is 0 Å². The molecular weight excluding hydrogens is 354 g/mol. The summed E-state index contributed by atoms with van der Waals surface area (Å²) in [6.07, 6.45) is 1.82. The van der Waals surface area contributed by atoms with Gasteiger partial charge in [0.05, 0.1) is 18.7 Å². The minimum Gasteiger partial charge on any atom is -0.434 e. The van der Waals surface area contributed by atoms with E-state index in [-0.39, 0.29) is 24.6 Å². The Morgan fingerprint density at radius 2 is 2.15 bits per heavy atom. The fourth-order valence-electron chi connectivity index (χ4n) is 2.84. The fourth-order valence-corrected chi connectivity index (χ4v) is 2.84. The van der Waals surface area contributed by atoms with Gasteiger partial charge in [-0.1, -0.05) is 18.2 Å². The number of hydrogen-bond acceptors (Lipinski definition) is 5. The molecule has 3 rings (SSSR count). The van der Waals surface area contributed by atoms with Gasteiger partial charge in [-0.15, -0.1) is 0 Å². The number of rotatable bonds is 7. The molecule has 0 saturated heterocycles. The molecule has 1 aromatic heterocycles. The van der Waals surface area contributed by atoms with Crippen LogP contribution in [0.25, 0.3) is 0 Å². The number of carbonyl (C=O) groups is 1. The van der Waals surface area contributed by atoms with Gasteiger partial charge in [-0.05, 0) is 24.6 Å². The van der Waals surface area contributed by atoms with Crippen LogP contribution in [-0.4, -0.2) is 29.9 Å². The van der Waals surface area contributed by atoms with Crippen LogP contribution in [0.3, 0.4) is 0 Å². The molecule has 2 aromatic rings. The van der Waals surface area contributed by atoms with E-state index in [1.165, 1.54) is 6.07 Å². The van der Waals surface area contributed by atoms with Crippen molar-refractivity contribution in [1.82, 2.24) is 15.6 Å². The van der Waals surface area contributed by atoms with E-state index in [2.05, 4.69) is 25.3 Å². The van der Waals surface area contributed by atoms with Gasteiger partial charge in [0.1, 0.15) is 11.6 Å². The van der Waals surface area contributed by atoms with E-state index in [1.807, 2.05) is 13.0 Å². The lowest BCUT2D eigenvalue weighted by molar-refractivity contribution is -0.120. The van der Waals surface area contributed by atoms with Gasteiger partial charge < -0.3 is 15.4 Å². The molecule has 1 aliphatic rings. The largest absolute Gasteiger partial charge is 0.434 e. The number of nitrogens with one attached hydrogen (secondary N) is 2. The lowest BCUT2D eigenvalue weighted by atomic mass is 10.1. The predicted octanol–water partition coefficient (Wildman–Crippen LogP) is 2.41. The van der Waals surface area contributed by atoms with Gasteiger partial charge in [-0.25, -0.2) is 0 Å². The van der Waals surface area contributed by atoms with Crippen LogP contribution in [0.2, 0.25) is 0 Å². The average Bonchev–Trinajstić information content (AvgIpc) is 3.03. The van der Waals surface area contributed by atoms with Gasteiger partial charge in [-0.3, -0.25) is 14.8 Å². The minimum absolute atomic E-state index is 0.0524. The third-order valence-corrected chi connectivity index (χ3v) is 4.06. The molecule has 142 valence electrons. The summed E-state index contributed by atoms with van der Waals surface area (Å²) in [7, 11) is 0. The summed E-state index contributed by atoms with van der Waals surface area (Å²) in [5.74, 6) is 0.628. The van der Waals surface area contributed by atoms with Crippen molar-refractivity contribution in [3.05, 3.63) is 58.9 Å². The molecule has 0 fully saturated rings. The zero-order valence-electron chi connectivity index (χ0n) is 14.8. The highest BCUT2D eigenvalue weighted by Crippen LogP contribution is 2.20. The minimum atomic E-state index is -2.91. The van der Waals surface area contributed by atoms with Crippen LogP contribution in [-0.2, 0) is 24.3 Å². The van der Waals surface area contributed by atoms with Gasteiger partial charge in [0.15, 0.2) is 0 Å². The summed E-state index contributed by atoms with van der Waals surface area (Å²) in [6, 6.07) is 8.24. The lowest BCUT2D eigenvalue weighted by Gasteiger charge is -2.11. The van der Waals surface area contributed by atoms with Crippen LogP contribution in [0.1, 0.15) is 29.3 Å². The number of pyridine rings is 1. The zero-order valence-corrected chi connectivity index (χ0v) is 14.8. The summed E-state index contributed by atoms with van der Waals surface area (Å²) in [6.45, 7) is 0.524.